The number of aryl methyl sites for hydroxylation is 1. The van der Waals surface area contributed by atoms with Gasteiger partial charge in [-0.15, -0.1) is 0 Å². The van der Waals surface area contributed by atoms with Crippen LogP contribution in [0.2, 0.25) is 0 Å². The molecule has 0 bridgehead atoms. The van der Waals surface area contributed by atoms with Gasteiger partial charge < -0.3 is 14.6 Å². The largest absolute Gasteiger partial charge is 0.467 e. The lowest BCUT2D eigenvalue weighted by Crippen LogP contribution is -2.52. The maximum Gasteiger partial charge on any atom is 0.331 e. The summed E-state index contributed by atoms with van der Waals surface area (Å²) in [7, 11) is 4.12. The van der Waals surface area contributed by atoms with Gasteiger partial charge in [0.15, 0.2) is 0 Å². The SMILES string of the molecule is CCC[C@](C)(NC(=O)/C=C\c1cn(C)c(=O)n(C)c1=O)C(=O)OC. The maximum atomic E-state index is 12.1. The molecule has 8 heteroatoms. The molecule has 0 aliphatic carbocycles. The molecule has 0 aliphatic heterocycles. The van der Waals surface area contributed by atoms with Crippen molar-refractivity contribution in [2.24, 2.45) is 14.1 Å². The third-order valence-corrected chi connectivity index (χ3v) is 3.67. The lowest BCUT2D eigenvalue weighted by molar-refractivity contribution is -0.150. The van der Waals surface area contributed by atoms with Crippen molar-refractivity contribution in [1.29, 1.82) is 0 Å². The number of nitrogens with zero attached hydrogens (tertiary/aromatic N) is 2. The maximum absolute atomic E-state index is 12.1. The minimum atomic E-state index is -1.14. The highest BCUT2D eigenvalue weighted by Crippen LogP contribution is 2.14. The summed E-state index contributed by atoms with van der Waals surface area (Å²) in [6, 6.07) is 0. The second kappa shape index (κ2) is 7.76. The molecule has 0 aromatic carbocycles. The predicted molar refractivity (Wildman–Crippen MR) is 89.4 cm³/mol. The van der Waals surface area contributed by atoms with Crippen LogP contribution < -0.4 is 16.6 Å². The summed E-state index contributed by atoms with van der Waals surface area (Å²) in [4.78, 5) is 47.6. The average Bonchev–Trinajstić information content (AvgIpc) is 2.54. The number of rotatable bonds is 6. The Kier molecular flexibility index (Phi) is 6.27. The number of ether oxygens (including phenoxy) is 1. The number of hydrogen-bond acceptors (Lipinski definition) is 5. The van der Waals surface area contributed by atoms with Gasteiger partial charge in [-0.2, -0.15) is 0 Å². The second-order valence-corrected chi connectivity index (χ2v) is 5.74. The summed E-state index contributed by atoms with van der Waals surface area (Å²) in [5.41, 5.74) is -1.92. The van der Waals surface area contributed by atoms with E-state index in [2.05, 4.69) is 5.32 Å². The van der Waals surface area contributed by atoms with E-state index >= 15 is 0 Å². The molecule has 132 valence electrons. The highest BCUT2D eigenvalue weighted by molar-refractivity contribution is 5.95. The van der Waals surface area contributed by atoms with Crippen LogP contribution in [-0.2, 0) is 28.4 Å². The molecular weight excluding hydrogens is 314 g/mol. The van der Waals surface area contributed by atoms with Crippen LogP contribution in [0, 0.1) is 0 Å². The number of methoxy groups -OCH3 is 1. The Balaban J connectivity index is 3.03. The minimum absolute atomic E-state index is 0.185. The first-order valence-electron chi connectivity index (χ1n) is 7.51. The molecule has 0 saturated carbocycles. The van der Waals surface area contributed by atoms with E-state index < -0.39 is 28.7 Å². The predicted octanol–water partition coefficient (Wildman–Crippen LogP) is -0.0548. The van der Waals surface area contributed by atoms with Crippen molar-refractivity contribution in [2.75, 3.05) is 7.11 Å². The van der Waals surface area contributed by atoms with Crippen molar-refractivity contribution in [1.82, 2.24) is 14.5 Å². The van der Waals surface area contributed by atoms with E-state index in [1.165, 1.54) is 38.0 Å². The van der Waals surface area contributed by atoms with E-state index in [-0.39, 0.29) is 5.56 Å². The number of hydrogen-bond donors (Lipinski definition) is 1. The summed E-state index contributed by atoms with van der Waals surface area (Å²) in [5.74, 6) is -1.07. The van der Waals surface area contributed by atoms with Gasteiger partial charge in [0, 0.05) is 26.4 Å². The molecular formula is C16H23N3O5. The molecule has 0 radical (unpaired) electrons. The molecule has 8 nitrogen and oxygen atoms in total. The van der Waals surface area contributed by atoms with Crippen LogP contribution in [0.3, 0.4) is 0 Å². The van der Waals surface area contributed by atoms with E-state index in [0.29, 0.717) is 12.8 Å². The molecule has 1 aromatic rings. The van der Waals surface area contributed by atoms with Crippen LogP contribution in [0.15, 0.2) is 21.9 Å². The van der Waals surface area contributed by atoms with Gasteiger partial charge in [0.1, 0.15) is 5.54 Å². The van der Waals surface area contributed by atoms with Gasteiger partial charge in [-0.1, -0.05) is 13.3 Å². The first-order chi connectivity index (χ1) is 11.2. The standard InChI is InChI=1S/C16H23N3O5/c1-6-9-16(2,14(22)24-5)17-12(20)8-7-11-10-18(3)15(23)19(4)13(11)21/h7-8,10H,6,9H2,1-5H3,(H,17,20)/b8-7-/t16-/m0/s1. The highest BCUT2D eigenvalue weighted by atomic mass is 16.5. The van der Waals surface area contributed by atoms with Gasteiger partial charge >= 0.3 is 11.7 Å². The third kappa shape index (κ3) is 4.21. The fraction of sp³-hybridized carbons (Fsp3) is 0.500. The Hall–Kier alpha value is -2.64. The number of carbonyl (C=O) groups is 2. The van der Waals surface area contributed by atoms with E-state index in [1.54, 1.807) is 6.92 Å². The molecule has 1 rings (SSSR count). The Labute approximate surface area is 139 Å². The summed E-state index contributed by atoms with van der Waals surface area (Å²) >= 11 is 0. The summed E-state index contributed by atoms with van der Waals surface area (Å²) in [6.45, 7) is 3.47. The Morgan fingerprint density at radius 2 is 1.96 bits per heavy atom. The Bertz CT molecular complexity index is 775. The molecule has 0 saturated heterocycles. The van der Waals surface area contributed by atoms with Crippen molar-refractivity contribution in [3.8, 4) is 0 Å². The topological polar surface area (TPSA) is 99.4 Å². The van der Waals surface area contributed by atoms with Gasteiger partial charge in [0.05, 0.1) is 12.7 Å². The minimum Gasteiger partial charge on any atom is -0.467 e. The zero-order valence-electron chi connectivity index (χ0n) is 14.6. The van der Waals surface area contributed by atoms with Crippen LogP contribution in [-0.4, -0.2) is 33.7 Å². The van der Waals surface area contributed by atoms with Crippen molar-refractivity contribution >= 4 is 18.0 Å². The quantitative estimate of drug-likeness (QED) is 0.579. The normalized spacial score (nSPS) is 13.5. The van der Waals surface area contributed by atoms with E-state index in [9.17, 15) is 19.2 Å². The molecule has 1 heterocycles. The summed E-state index contributed by atoms with van der Waals surface area (Å²) in [6.07, 6.45) is 4.90. The fourth-order valence-corrected chi connectivity index (χ4v) is 2.37. The van der Waals surface area contributed by atoms with Gasteiger partial charge in [-0.05, 0) is 19.4 Å². The monoisotopic (exact) mass is 337 g/mol. The lowest BCUT2D eigenvalue weighted by atomic mass is 9.96. The number of carbonyl (C=O) groups excluding carboxylic acids is 2. The van der Waals surface area contributed by atoms with Crippen LogP contribution >= 0.6 is 0 Å². The van der Waals surface area contributed by atoms with E-state index in [1.807, 2.05) is 6.92 Å². The van der Waals surface area contributed by atoms with Crippen molar-refractivity contribution in [3.63, 3.8) is 0 Å². The van der Waals surface area contributed by atoms with Crippen LogP contribution in [0.4, 0.5) is 0 Å². The van der Waals surface area contributed by atoms with E-state index in [0.717, 1.165) is 10.6 Å². The zero-order chi connectivity index (χ0) is 18.5. The molecule has 1 atom stereocenters. The number of nitrogens with one attached hydrogen (secondary N) is 1. The first-order valence-corrected chi connectivity index (χ1v) is 7.51. The summed E-state index contributed by atoms with van der Waals surface area (Å²) < 4.78 is 6.92. The molecule has 1 amide bonds. The van der Waals surface area contributed by atoms with Crippen LogP contribution in [0.1, 0.15) is 32.3 Å². The molecule has 24 heavy (non-hydrogen) atoms. The van der Waals surface area contributed by atoms with E-state index in [4.69, 9.17) is 4.74 Å². The molecule has 0 unspecified atom stereocenters. The van der Waals surface area contributed by atoms with Gasteiger partial charge in [0.2, 0.25) is 5.91 Å². The summed E-state index contributed by atoms with van der Waals surface area (Å²) in [5, 5.41) is 2.60. The smallest absolute Gasteiger partial charge is 0.331 e. The van der Waals surface area contributed by atoms with Crippen molar-refractivity contribution < 1.29 is 14.3 Å². The highest BCUT2D eigenvalue weighted by Gasteiger charge is 2.34. The van der Waals surface area contributed by atoms with Crippen molar-refractivity contribution in [2.45, 2.75) is 32.2 Å². The lowest BCUT2D eigenvalue weighted by Gasteiger charge is -2.26. The van der Waals surface area contributed by atoms with Gasteiger partial charge in [0.25, 0.3) is 5.56 Å². The van der Waals surface area contributed by atoms with Crippen LogP contribution in [0.5, 0.6) is 0 Å². The number of aromatic nitrogens is 2. The molecule has 0 aliphatic rings. The molecule has 1 aromatic heterocycles. The molecule has 0 spiro atoms. The molecule has 0 fully saturated rings. The van der Waals surface area contributed by atoms with Crippen LogP contribution in [0.25, 0.3) is 6.08 Å². The third-order valence-electron chi connectivity index (χ3n) is 3.67. The number of amides is 1. The average molecular weight is 337 g/mol. The zero-order valence-corrected chi connectivity index (χ0v) is 14.6. The fourth-order valence-electron chi connectivity index (χ4n) is 2.37. The molecule has 1 N–H and O–H groups in total. The second-order valence-electron chi connectivity index (χ2n) is 5.74. The van der Waals surface area contributed by atoms with Gasteiger partial charge in [-0.25, -0.2) is 9.59 Å². The van der Waals surface area contributed by atoms with Gasteiger partial charge in [-0.3, -0.25) is 14.2 Å². The Morgan fingerprint density at radius 1 is 1.33 bits per heavy atom. The number of esters is 1. The first kappa shape index (κ1) is 19.4. The Morgan fingerprint density at radius 3 is 2.50 bits per heavy atom. The van der Waals surface area contributed by atoms with Crippen molar-refractivity contribution in [3.05, 3.63) is 38.7 Å².